The summed E-state index contributed by atoms with van der Waals surface area (Å²) in [6.45, 7) is 4.20. The second-order valence-corrected chi connectivity index (χ2v) is 4.69. The van der Waals surface area contributed by atoms with E-state index in [0.29, 0.717) is 6.04 Å². The van der Waals surface area contributed by atoms with Crippen molar-refractivity contribution in [1.82, 2.24) is 9.97 Å². The molecule has 0 saturated heterocycles. The standard InChI is InChI=1S/C15H17N3O2/c1-11(2)18(3)14-7-5-12(10-17-14)4-6-13(19)15-16-8-9-20-15/h4-11H,1-3H3. The minimum atomic E-state index is -0.265. The van der Waals surface area contributed by atoms with Gasteiger partial charge in [0, 0.05) is 19.3 Å². The SMILES string of the molecule is CC(C)N(C)c1ccc(C=CC(=O)c2ncco2)cn1. The van der Waals surface area contributed by atoms with E-state index in [4.69, 9.17) is 4.42 Å². The summed E-state index contributed by atoms with van der Waals surface area (Å²) >= 11 is 0. The van der Waals surface area contributed by atoms with Gasteiger partial charge in [-0.05, 0) is 43.7 Å². The number of oxazole rings is 1. The van der Waals surface area contributed by atoms with Gasteiger partial charge in [-0.15, -0.1) is 0 Å². The summed E-state index contributed by atoms with van der Waals surface area (Å²) in [5.41, 5.74) is 0.853. The van der Waals surface area contributed by atoms with E-state index in [9.17, 15) is 4.79 Å². The predicted octanol–water partition coefficient (Wildman–Crippen LogP) is 2.81. The van der Waals surface area contributed by atoms with Crippen molar-refractivity contribution in [2.45, 2.75) is 19.9 Å². The molecule has 2 heterocycles. The molecule has 0 saturated carbocycles. The Morgan fingerprint density at radius 1 is 1.35 bits per heavy atom. The van der Waals surface area contributed by atoms with Crippen molar-refractivity contribution >= 4 is 17.7 Å². The molecule has 0 aliphatic carbocycles. The number of aromatic nitrogens is 2. The lowest BCUT2D eigenvalue weighted by Gasteiger charge is -2.22. The zero-order valence-corrected chi connectivity index (χ0v) is 11.8. The first-order chi connectivity index (χ1) is 9.58. The van der Waals surface area contributed by atoms with Gasteiger partial charge in [0.1, 0.15) is 12.1 Å². The van der Waals surface area contributed by atoms with Gasteiger partial charge < -0.3 is 9.32 Å². The van der Waals surface area contributed by atoms with E-state index in [1.807, 2.05) is 19.2 Å². The Morgan fingerprint density at radius 3 is 2.70 bits per heavy atom. The molecule has 20 heavy (non-hydrogen) atoms. The fraction of sp³-hybridized carbons (Fsp3) is 0.267. The molecule has 2 aromatic rings. The molecule has 0 amide bonds. The number of carbonyl (C=O) groups excluding carboxylic acids is 1. The fourth-order valence-corrected chi connectivity index (χ4v) is 1.56. The summed E-state index contributed by atoms with van der Waals surface area (Å²) in [5, 5.41) is 0. The third-order valence-electron chi connectivity index (χ3n) is 2.98. The molecule has 5 heteroatoms. The molecule has 0 aliphatic heterocycles. The van der Waals surface area contributed by atoms with Gasteiger partial charge in [-0.2, -0.15) is 0 Å². The summed E-state index contributed by atoms with van der Waals surface area (Å²) in [4.78, 5) is 21.9. The first-order valence-corrected chi connectivity index (χ1v) is 6.38. The fourth-order valence-electron chi connectivity index (χ4n) is 1.56. The maximum absolute atomic E-state index is 11.7. The van der Waals surface area contributed by atoms with Crippen molar-refractivity contribution in [2.24, 2.45) is 0 Å². The van der Waals surface area contributed by atoms with Gasteiger partial charge in [-0.1, -0.05) is 0 Å². The van der Waals surface area contributed by atoms with Gasteiger partial charge in [-0.25, -0.2) is 9.97 Å². The van der Waals surface area contributed by atoms with Crippen LogP contribution in [0.5, 0.6) is 0 Å². The summed E-state index contributed by atoms with van der Waals surface area (Å²) in [6.07, 6.45) is 7.67. The van der Waals surface area contributed by atoms with E-state index in [1.165, 1.54) is 18.5 Å². The highest BCUT2D eigenvalue weighted by Crippen LogP contribution is 2.13. The lowest BCUT2D eigenvalue weighted by atomic mass is 10.2. The van der Waals surface area contributed by atoms with Crippen LogP contribution in [0.25, 0.3) is 6.08 Å². The molecule has 0 spiro atoms. The average molecular weight is 271 g/mol. The molecule has 0 bridgehead atoms. The van der Waals surface area contributed by atoms with Crippen LogP contribution in [0.4, 0.5) is 5.82 Å². The number of rotatable bonds is 5. The van der Waals surface area contributed by atoms with Crippen LogP contribution in [-0.2, 0) is 0 Å². The van der Waals surface area contributed by atoms with Crippen LogP contribution in [0.15, 0.2) is 41.3 Å². The highest BCUT2D eigenvalue weighted by Gasteiger charge is 2.07. The van der Waals surface area contributed by atoms with Crippen LogP contribution >= 0.6 is 0 Å². The summed E-state index contributed by atoms with van der Waals surface area (Å²) in [7, 11) is 1.99. The van der Waals surface area contributed by atoms with E-state index in [0.717, 1.165) is 11.4 Å². The molecule has 0 aromatic carbocycles. The summed E-state index contributed by atoms with van der Waals surface area (Å²) < 4.78 is 4.93. The summed E-state index contributed by atoms with van der Waals surface area (Å²) in [5.74, 6) is 0.722. The van der Waals surface area contributed by atoms with Crippen molar-refractivity contribution in [1.29, 1.82) is 0 Å². The minimum Gasteiger partial charge on any atom is -0.442 e. The molecule has 104 valence electrons. The largest absolute Gasteiger partial charge is 0.442 e. The molecule has 0 radical (unpaired) electrons. The zero-order chi connectivity index (χ0) is 14.5. The van der Waals surface area contributed by atoms with Crippen LogP contribution in [0.3, 0.4) is 0 Å². The number of carbonyl (C=O) groups is 1. The van der Waals surface area contributed by atoms with Crippen LogP contribution in [0, 0.1) is 0 Å². The normalized spacial score (nSPS) is 11.2. The van der Waals surface area contributed by atoms with Crippen LogP contribution in [0.2, 0.25) is 0 Å². The van der Waals surface area contributed by atoms with E-state index in [1.54, 1.807) is 12.3 Å². The Kier molecular flexibility index (Phi) is 4.30. The number of pyridine rings is 1. The zero-order valence-electron chi connectivity index (χ0n) is 11.8. The molecule has 2 aromatic heterocycles. The number of allylic oxidation sites excluding steroid dienone is 1. The maximum atomic E-state index is 11.7. The number of nitrogens with zero attached hydrogens (tertiary/aromatic N) is 3. The maximum Gasteiger partial charge on any atom is 0.267 e. The molecule has 0 atom stereocenters. The third-order valence-corrected chi connectivity index (χ3v) is 2.98. The number of hydrogen-bond donors (Lipinski definition) is 0. The minimum absolute atomic E-state index is 0.0883. The van der Waals surface area contributed by atoms with Crippen molar-refractivity contribution in [2.75, 3.05) is 11.9 Å². The number of hydrogen-bond acceptors (Lipinski definition) is 5. The second kappa shape index (κ2) is 6.14. The van der Waals surface area contributed by atoms with Crippen molar-refractivity contribution < 1.29 is 9.21 Å². The monoisotopic (exact) mass is 271 g/mol. The van der Waals surface area contributed by atoms with Crippen molar-refractivity contribution in [3.8, 4) is 0 Å². The molecular weight excluding hydrogens is 254 g/mol. The third kappa shape index (κ3) is 3.32. The molecule has 0 N–H and O–H groups in total. The molecule has 0 fully saturated rings. The second-order valence-electron chi connectivity index (χ2n) is 4.69. The predicted molar refractivity (Wildman–Crippen MR) is 77.6 cm³/mol. The Bertz CT molecular complexity index is 586. The first kappa shape index (κ1) is 14.0. The van der Waals surface area contributed by atoms with Gasteiger partial charge in [-0.3, -0.25) is 4.79 Å². The summed E-state index contributed by atoms with van der Waals surface area (Å²) in [6, 6.07) is 4.23. The van der Waals surface area contributed by atoms with Gasteiger partial charge in [0.2, 0.25) is 5.78 Å². The lowest BCUT2D eigenvalue weighted by molar-refractivity contribution is 0.101. The Morgan fingerprint density at radius 2 is 2.15 bits per heavy atom. The van der Waals surface area contributed by atoms with Crippen molar-refractivity contribution in [3.05, 3.63) is 48.3 Å². The molecule has 0 unspecified atom stereocenters. The van der Waals surface area contributed by atoms with E-state index in [-0.39, 0.29) is 11.7 Å². The smallest absolute Gasteiger partial charge is 0.267 e. The van der Waals surface area contributed by atoms with Gasteiger partial charge >= 0.3 is 0 Å². The van der Waals surface area contributed by atoms with Crippen LogP contribution < -0.4 is 4.90 Å². The molecular formula is C15H17N3O2. The van der Waals surface area contributed by atoms with Crippen LogP contribution in [-0.4, -0.2) is 28.8 Å². The first-order valence-electron chi connectivity index (χ1n) is 6.38. The average Bonchev–Trinajstić information content (AvgIpc) is 2.98. The molecule has 5 nitrogen and oxygen atoms in total. The number of ketones is 1. The lowest BCUT2D eigenvalue weighted by Crippen LogP contribution is -2.26. The van der Waals surface area contributed by atoms with Gasteiger partial charge in [0.15, 0.2) is 0 Å². The number of anilines is 1. The van der Waals surface area contributed by atoms with Gasteiger partial charge in [0.05, 0.1) is 6.20 Å². The Balaban J connectivity index is 2.06. The highest BCUT2D eigenvalue weighted by atomic mass is 16.3. The van der Waals surface area contributed by atoms with E-state index in [2.05, 4.69) is 28.7 Å². The molecule has 0 aliphatic rings. The highest BCUT2D eigenvalue weighted by molar-refractivity contribution is 6.03. The topological polar surface area (TPSA) is 59.2 Å². The quantitative estimate of drug-likeness (QED) is 0.618. The van der Waals surface area contributed by atoms with Crippen molar-refractivity contribution in [3.63, 3.8) is 0 Å². The van der Waals surface area contributed by atoms with E-state index < -0.39 is 0 Å². The Labute approximate surface area is 118 Å². The van der Waals surface area contributed by atoms with Gasteiger partial charge in [0.25, 0.3) is 5.89 Å². The molecule has 2 rings (SSSR count). The van der Waals surface area contributed by atoms with E-state index >= 15 is 0 Å². The Hall–Kier alpha value is -2.43. The van der Waals surface area contributed by atoms with Crippen LogP contribution in [0.1, 0.15) is 30.1 Å².